The number of aromatic nitrogens is 3. The van der Waals surface area contributed by atoms with Crippen molar-refractivity contribution in [1.82, 2.24) is 14.4 Å². The highest BCUT2D eigenvalue weighted by Crippen LogP contribution is 2.27. The molecule has 0 spiro atoms. The molecule has 118 valence electrons. The van der Waals surface area contributed by atoms with Crippen LogP contribution in [-0.2, 0) is 0 Å². The summed E-state index contributed by atoms with van der Waals surface area (Å²) in [6.07, 6.45) is 5.59. The van der Waals surface area contributed by atoms with E-state index in [1.807, 2.05) is 28.8 Å². The van der Waals surface area contributed by atoms with Crippen LogP contribution in [0.5, 0.6) is 5.75 Å². The van der Waals surface area contributed by atoms with Gasteiger partial charge in [0.1, 0.15) is 5.75 Å². The van der Waals surface area contributed by atoms with Crippen LogP contribution in [0.3, 0.4) is 0 Å². The highest BCUT2D eigenvalue weighted by molar-refractivity contribution is 5.69. The van der Waals surface area contributed by atoms with Gasteiger partial charge in [-0.2, -0.15) is 0 Å². The van der Waals surface area contributed by atoms with Crippen LogP contribution in [0.1, 0.15) is 11.1 Å². The summed E-state index contributed by atoms with van der Waals surface area (Å²) >= 11 is 0. The van der Waals surface area contributed by atoms with E-state index in [4.69, 9.17) is 0 Å². The molecule has 4 aromatic rings. The molecular formula is C20H17N3O. The minimum Gasteiger partial charge on any atom is -0.508 e. The molecule has 0 bridgehead atoms. The summed E-state index contributed by atoms with van der Waals surface area (Å²) in [6, 6.07) is 13.4. The maximum Gasteiger partial charge on any atom is 0.155 e. The quantitative estimate of drug-likeness (QED) is 0.597. The predicted molar refractivity (Wildman–Crippen MR) is 95.0 cm³/mol. The van der Waals surface area contributed by atoms with Crippen LogP contribution >= 0.6 is 0 Å². The van der Waals surface area contributed by atoms with E-state index in [0.717, 1.165) is 28.2 Å². The average molecular weight is 315 g/mol. The van der Waals surface area contributed by atoms with Gasteiger partial charge >= 0.3 is 0 Å². The van der Waals surface area contributed by atoms with Crippen molar-refractivity contribution in [2.24, 2.45) is 0 Å². The van der Waals surface area contributed by atoms with E-state index in [1.54, 1.807) is 24.5 Å². The van der Waals surface area contributed by atoms with Crippen molar-refractivity contribution in [2.45, 2.75) is 13.8 Å². The molecule has 4 rings (SSSR count). The van der Waals surface area contributed by atoms with Crippen LogP contribution in [0.25, 0.3) is 28.2 Å². The van der Waals surface area contributed by atoms with Gasteiger partial charge in [0.05, 0.1) is 23.8 Å². The van der Waals surface area contributed by atoms with Crippen LogP contribution in [0, 0.1) is 13.8 Å². The maximum absolute atomic E-state index is 9.74. The zero-order chi connectivity index (χ0) is 16.7. The molecule has 0 saturated carbocycles. The molecule has 2 aromatic carbocycles. The molecule has 0 radical (unpaired) electrons. The van der Waals surface area contributed by atoms with Crippen molar-refractivity contribution in [3.63, 3.8) is 0 Å². The minimum absolute atomic E-state index is 0.242. The normalized spacial score (nSPS) is 11.1. The molecular weight excluding hydrogens is 298 g/mol. The number of phenolic OH excluding ortho intramolecular Hbond substituents is 1. The summed E-state index contributed by atoms with van der Waals surface area (Å²) in [6.45, 7) is 4.22. The van der Waals surface area contributed by atoms with Crippen LogP contribution in [0.4, 0.5) is 0 Å². The second-order valence-electron chi connectivity index (χ2n) is 5.94. The highest BCUT2D eigenvalue weighted by atomic mass is 16.3. The number of fused-ring (bicyclic) bond motifs is 1. The molecule has 1 N–H and O–H groups in total. The van der Waals surface area contributed by atoms with Crippen molar-refractivity contribution in [2.75, 3.05) is 0 Å². The Morgan fingerprint density at radius 3 is 2.62 bits per heavy atom. The summed E-state index contributed by atoms with van der Waals surface area (Å²) in [7, 11) is 0. The SMILES string of the molecule is Cc1cccc(-c2cn3c(-c4cccc(O)c4)cnc3cn2)c1C. The molecule has 0 aliphatic heterocycles. The zero-order valence-electron chi connectivity index (χ0n) is 13.6. The summed E-state index contributed by atoms with van der Waals surface area (Å²) < 4.78 is 2.01. The summed E-state index contributed by atoms with van der Waals surface area (Å²) in [5.74, 6) is 0.242. The van der Waals surface area contributed by atoms with E-state index in [1.165, 1.54) is 11.1 Å². The lowest BCUT2D eigenvalue weighted by Crippen LogP contribution is -1.95. The molecule has 2 heterocycles. The summed E-state index contributed by atoms with van der Waals surface area (Å²) in [5, 5.41) is 9.74. The molecule has 0 unspecified atom stereocenters. The molecule has 0 fully saturated rings. The number of phenols is 1. The molecule has 24 heavy (non-hydrogen) atoms. The average Bonchev–Trinajstić information content (AvgIpc) is 3.00. The van der Waals surface area contributed by atoms with Gasteiger partial charge in [-0.05, 0) is 37.1 Å². The molecule has 0 aliphatic carbocycles. The summed E-state index contributed by atoms with van der Waals surface area (Å²) in [4.78, 5) is 8.99. The summed E-state index contributed by atoms with van der Waals surface area (Å²) in [5.41, 5.74) is 7.12. The Bertz CT molecular complexity index is 1050. The number of imidazole rings is 1. The third kappa shape index (κ3) is 2.33. The third-order valence-electron chi connectivity index (χ3n) is 4.42. The molecule has 4 heteroatoms. The highest BCUT2D eigenvalue weighted by Gasteiger charge is 2.10. The van der Waals surface area contributed by atoms with E-state index >= 15 is 0 Å². The fourth-order valence-corrected chi connectivity index (χ4v) is 2.94. The monoisotopic (exact) mass is 315 g/mol. The maximum atomic E-state index is 9.74. The van der Waals surface area contributed by atoms with E-state index in [9.17, 15) is 5.11 Å². The number of aromatic hydroxyl groups is 1. The molecule has 2 aromatic heterocycles. The van der Waals surface area contributed by atoms with E-state index in [-0.39, 0.29) is 5.75 Å². The first-order chi connectivity index (χ1) is 11.6. The number of hydrogen-bond donors (Lipinski definition) is 1. The van der Waals surface area contributed by atoms with Crippen LogP contribution < -0.4 is 0 Å². The zero-order valence-corrected chi connectivity index (χ0v) is 13.6. The molecule has 4 nitrogen and oxygen atoms in total. The Labute approximate surface area is 140 Å². The number of aryl methyl sites for hydroxylation is 1. The predicted octanol–water partition coefficient (Wildman–Crippen LogP) is 4.39. The van der Waals surface area contributed by atoms with E-state index in [0.29, 0.717) is 0 Å². The lowest BCUT2D eigenvalue weighted by molar-refractivity contribution is 0.475. The fraction of sp³-hybridized carbons (Fsp3) is 0.100. The van der Waals surface area contributed by atoms with Gasteiger partial charge in [-0.25, -0.2) is 4.98 Å². The van der Waals surface area contributed by atoms with Gasteiger partial charge in [0.25, 0.3) is 0 Å². The van der Waals surface area contributed by atoms with Crippen molar-refractivity contribution < 1.29 is 5.11 Å². The first-order valence-corrected chi connectivity index (χ1v) is 7.82. The topological polar surface area (TPSA) is 50.4 Å². The van der Waals surface area contributed by atoms with E-state index in [2.05, 4.69) is 35.9 Å². The van der Waals surface area contributed by atoms with Crippen LogP contribution in [0.15, 0.2) is 61.1 Å². The smallest absolute Gasteiger partial charge is 0.155 e. The second kappa shape index (κ2) is 5.49. The fourth-order valence-electron chi connectivity index (χ4n) is 2.94. The largest absolute Gasteiger partial charge is 0.508 e. The van der Waals surface area contributed by atoms with Gasteiger partial charge < -0.3 is 5.11 Å². The van der Waals surface area contributed by atoms with Crippen molar-refractivity contribution in [1.29, 1.82) is 0 Å². The molecule has 0 aliphatic rings. The lowest BCUT2D eigenvalue weighted by atomic mass is 10.0. The van der Waals surface area contributed by atoms with Gasteiger partial charge in [-0.15, -0.1) is 0 Å². The number of benzene rings is 2. The van der Waals surface area contributed by atoms with Crippen molar-refractivity contribution in [3.8, 4) is 28.3 Å². The van der Waals surface area contributed by atoms with Gasteiger partial charge in [0, 0.05) is 17.3 Å². The Morgan fingerprint density at radius 2 is 1.79 bits per heavy atom. The number of rotatable bonds is 2. The van der Waals surface area contributed by atoms with E-state index < -0.39 is 0 Å². The Morgan fingerprint density at radius 1 is 0.958 bits per heavy atom. The molecule has 0 saturated heterocycles. The van der Waals surface area contributed by atoms with Gasteiger partial charge in [0.2, 0.25) is 0 Å². The van der Waals surface area contributed by atoms with Crippen molar-refractivity contribution >= 4 is 5.65 Å². The molecule has 0 amide bonds. The number of nitrogens with zero attached hydrogens (tertiary/aromatic N) is 3. The molecule has 0 atom stereocenters. The van der Waals surface area contributed by atoms with Crippen molar-refractivity contribution in [3.05, 3.63) is 72.2 Å². The second-order valence-corrected chi connectivity index (χ2v) is 5.94. The Balaban J connectivity index is 1.92. The minimum atomic E-state index is 0.242. The van der Waals surface area contributed by atoms with Gasteiger partial charge in [0.15, 0.2) is 5.65 Å². The van der Waals surface area contributed by atoms with Crippen LogP contribution in [0.2, 0.25) is 0 Å². The standard InChI is InChI=1S/C20H17N3O/c1-13-5-3-8-17(14(13)2)18-12-23-19(10-22-20(23)11-21-18)15-6-4-7-16(24)9-15/h3-12,24H,1-2H3. The lowest BCUT2D eigenvalue weighted by Gasteiger charge is -2.09. The first kappa shape index (κ1) is 14.5. The Kier molecular flexibility index (Phi) is 3.31. The Hall–Kier alpha value is -3.14. The third-order valence-corrected chi connectivity index (χ3v) is 4.42. The van der Waals surface area contributed by atoms with Gasteiger partial charge in [-0.3, -0.25) is 9.38 Å². The van der Waals surface area contributed by atoms with Crippen LogP contribution in [-0.4, -0.2) is 19.5 Å². The number of hydrogen-bond acceptors (Lipinski definition) is 3. The first-order valence-electron chi connectivity index (χ1n) is 7.82. The van der Waals surface area contributed by atoms with Gasteiger partial charge in [-0.1, -0.05) is 30.3 Å².